The van der Waals surface area contributed by atoms with Crippen molar-refractivity contribution in [1.82, 2.24) is 9.62 Å². The number of carbonyl (C=O) groups is 2. The van der Waals surface area contributed by atoms with Gasteiger partial charge in [0.25, 0.3) is 15.9 Å². The summed E-state index contributed by atoms with van der Waals surface area (Å²) in [5.41, 5.74) is 0.573. The summed E-state index contributed by atoms with van der Waals surface area (Å²) < 4.78 is 31.8. The zero-order valence-corrected chi connectivity index (χ0v) is 17.1. The highest BCUT2D eigenvalue weighted by molar-refractivity contribution is 7.99. The molecule has 28 heavy (non-hydrogen) atoms. The molecule has 0 radical (unpaired) electrons. The molecule has 1 aromatic carbocycles. The van der Waals surface area contributed by atoms with E-state index in [2.05, 4.69) is 5.32 Å². The molecule has 2 heterocycles. The van der Waals surface area contributed by atoms with Crippen molar-refractivity contribution in [3.8, 4) is 5.75 Å². The minimum Gasteiger partial charge on any atom is -0.497 e. The monoisotopic (exact) mass is 420 g/mol. The zero-order chi connectivity index (χ0) is 20.3. The van der Waals surface area contributed by atoms with Crippen LogP contribution in [0.1, 0.15) is 23.8 Å². The number of rotatable bonds is 7. The second-order valence-electron chi connectivity index (χ2n) is 6.06. The van der Waals surface area contributed by atoms with Gasteiger partial charge in [-0.2, -0.15) is 0 Å². The van der Waals surface area contributed by atoms with Crippen LogP contribution in [0.15, 0.2) is 47.4 Å². The third-order valence-electron chi connectivity index (χ3n) is 4.34. The number of carbonyl (C=O) groups excluding carboxylic acids is 2. The molecule has 0 saturated heterocycles. The van der Waals surface area contributed by atoms with E-state index in [4.69, 9.17) is 4.74 Å². The summed E-state index contributed by atoms with van der Waals surface area (Å²) in [5.74, 6) is -0.606. The minimum absolute atomic E-state index is 0.0475. The van der Waals surface area contributed by atoms with Gasteiger partial charge in [-0.3, -0.25) is 9.59 Å². The molecule has 0 fully saturated rings. The van der Waals surface area contributed by atoms with Crippen molar-refractivity contribution in [3.63, 3.8) is 0 Å². The summed E-state index contributed by atoms with van der Waals surface area (Å²) in [6.45, 7) is 1.46. The Morgan fingerprint density at radius 2 is 1.93 bits per heavy atom. The summed E-state index contributed by atoms with van der Waals surface area (Å²) in [7, 11) is -2.60. The molecule has 0 saturated carbocycles. The number of benzene rings is 1. The lowest BCUT2D eigenvalue weighted by Crippen LogP contribution is -2.40. The highest BCUT2D eigenvalue weighted by atomic mass is 32.2. The normalized spacial score (nSPS) is 15.8. The Labute approximate surface area is 167 Å². The van der Waals surface area contributed by atoms with Gasteiger partial charge in [0.15, 0.2) is 0 Å². The van der Waals surface area contributed by atoms with E-state index in [9.17, 15) is 18.0 Å². The van der Waals surface area contributed by atoms with Gasteiger partial charge in [-0.05, 0) is 47.7 Å². The van der Waals surface area contributed by atoms with Crippen molar-refractivity contribution in [3.05, 3.63) is 57.8 Å². The van der Waals surface area contributed by atoms with E-state index in [1.54, 1.807) is 31.2 Å². The van der Waals surface area contributed by atoms with E-state index in [0.29, 0.717) is 15.6 Å². The molecular weight excluding hydrogens is 400 g/mol. The first-order valence-electron chi connectivity index (χ1n) is 8.62. The summed E-state index contributed by atoms with van der Waals surface area (Å²) in [6, 6.07) is 10.2. The summed E-state index contributed by atoms with van der Waals surface area (Å²) in [4.78, 5) is 25.9. The Balaban J connectivity index is 1.83. The Hall–Kier alpha value is -2.65. The van der Waals surface area contributed by atoms with Crippen molar-refractivity contribution in [2.24, 2.45) is 0 Å². The number of amides is 2. The van der Waals surface area contributed by atoms with Crippen molar-refractivity contribution >= 4 is 38.1 Å². The topological polar surface area (TPSA) is 92.8 Å². The van der Waals surface area contributed by atoms with E-state index >= 15 is 0 Å². The molecule has 1 aliphatic heterocycles. The first-order chi connectivity index (χ1) is 13.4. The third kappa shape index (κ3) is 3.81. The van der Waals surface area contributed by atoms with Gasteiger partial charge in [0, 0.05) is 10.5 Å². The van der Waals surface area contributed by atoms with Gasteiger partial charge in [-0.15, -0.1) is 11.3 Å². The smallest absolute Gasteiger partial charge is 0.268 e. The number of hydrogen-bond acceptors (Lipinski definition) is 6. The lowest BCUT2D eigenvalue weighted by atomic mass is 10.1. The molecule has 0 unspecified atom stereocenters. The fourth-order valence-corrected chi connectivity index (χ4v) is 5.40. The summed E-state index contributed by atoms with van der Waals surface area (Å²) >= 11 is 1.48. The van der Waals surface area contributed by atoms with E-state index in [1.807, 2.05) is 17.5 Å². The maximum Gasteiger partial charge on any atom is 0.268 e. The Morgan fingerprint density at radius 3 is 2.50 bits per heavy atom. The maximum atomic E-state index is 13.0. The standard InChI is InChI=1S/C19H20N2O5S2/c1-3-16-18(13-6-8-14(26-2)9-7-13)28(24,25)21(19(16)23)12-17(22)20-11-15-5-4-10-27-15/h4-10H,3,11-12H2,1-2H3,(H,20,22). The van der Waals surface area contributed by atoms with Gasteiger partial charge >= 0.3 is 0 Å². The molecule has 7 nitrogen and oxygen atoms in total. The van der Waals surface area contributed by atoms with Crippen LogP contribution in [0.4, 0.5) is 0 Å². The molecule has 2 aromatic rings. The maximum absolute atomic E-state index is 13.0. The SMILES string of the molecule is CCC1=C(c2ccc(OC)cc2)S(=O)(=O)N(CC(=O)NCc2cccs2)C1=O. The highest BCUT2D eigenvalue weighted by Crippen LogP contribution is 2.37. The van der Waals surface area contributed by atoms with Gasteiger partial charge in [0.1, 0.15) is 17.2 Å². The van der Waals surface area contributed by atoms with Crippen LogP contribution in [0, 0.1) is 0 Å². The van der Waals surface area contributed by atoms with Crippen LogP contribution in [0.5, 0.6) is 5.75 Å². The Bertz CT molecular complexity index is 1010. The van der Waals surface area contributed by atoms with Crippen LogP contribution < -0.4 is 10.1 Å². The van der Waals surface area contributed by atoms with Crippen molar-refractivity contribution in [2.45, 2.75) is 19.9 Å². The fourth-order valence-electron chi connectivity index (χ4n) is 2.94. The molecule has 9 heteroatoms. The van der Waals surface area contributed by atoms with Crippen molar-refractivity contribution < 1.29 is 22.7 Å². The van der Waals surface area contributed by atoms with Crippen LogP contribution in [0.25, 0.3) is 4.91 Å². The predicted molar refractivity (Wildman–Crippen MR) is 107 cm³/mol. The number of sulfonamides is 1. The lowest BCUT2D eigenvalue weighted by molar-refractivity contribution is -0.128. The minimum atomic E-state index is -4.11. The van der Waals surface area contributed by atoms with Gasteiger partial charge in [0.05, 0.1) is 13.7 Å². The van der Waals surface area contributed by atoms with Crippen molar-refractivity contribution in [2.75, 3.05) is 13.7 Å². The molecule has 0 aliphatic carbocycles. The lowest BCUT2D eigenvalue weighted by Gasteiger charge is -2.16. The molecule has 0 atom stereocenters. The van der Waals surface area contributed by atoms with E-state index in [0.717, 1.165) is 4.88 Å². The molecule has 1 N–H and O–H groups in total. The van der Waals surface area contributed by atoms with Crippen LogP contribution in [-0.2, 0) is 26.2 Å². The van der Waals surface area contributed by atoms with Crippen LogP contribution in [0.2, 0.25) is 0 Å². The van der Waals surface area contributed by atoms with Crippen LogP contribution in [0.3, 0.4) is 0 Å². The molecular formula is C19H20N2O5S2. The zero-order valence-electron chi connectivity index (χ0n) is 15.5. The molecule has 1 aromatic heterocycles. The number of nitrogens with one attached hydrogen (secondary N) is 1. The van der Waals surface area contributed by atoms with Crippen LogP contribution >= 0.6 is 11.3 Å². The fraction of sp³-hybridized carbons (Fsp3) is 0.263. The Kier molecular flexibility index (Phi) is 5.85. The molecule has 3 rings (SSSR count). The molecule has 1 aliphatic rings. The average Bonchev–Trinajstić information content (AvgIpc) is 3.27. The number of ether oxygens (including phenoxy) is 1. The van der Waals surface area contributed by atoms with Crippen molar-refractivity contribution in [1.29, 1.82) is 0 Å². The highest BCUT2D eigenvalue weighted by Gasteiger charge is 2.44. The largest absolute Gasteiger partial charge is 0.497 e. The molecule has 2 amide bonds. The first-order valence-corrected chi connectivity index (χ1v) is 10.9. The number of hydrogen-bond donors (Lipinski definition) is 1. The van der Waals surface area contributed by atoms with Crippen LogP contribution in [-0.4, -0.2) is 38.2 Å². The van der Waals surface area contributed by atoms with E-state index < -0.39 is 28.4 Å². The second-order valence-corrected chi connectivity index (χ2v) is 8.89. The van der Waals surface area contributed by atoms with Gasteiger partial charge < -0.3 is 10.1 Å². The predicted octanol–water partition coefficient (Wildman–Crippen LogP) is 2.37. The van der Waals surface area contributed by atoms with Gasteiger partial charge in [-0.1, -0.05) is 13.0 Å². The summed E-state index contributed by atoms with van der Waals surface area (Å²) in [5, 5.41) is 4.53. The molecule has 0 spiro atoms. The van der Waals surface area contributed by atoms with E-state index in [1.165, 1.54) is 18.4 Å². The number of methoxy groups -OCH3 is 1. The quantitative estimate of drug-likeness (QED) is 0.742. The average molecular weight is 421 g/mol. The third-order valence-corrected chi connectivity index (χ3v) is 7.09. The van der Waals surface area contributed by atoms with Gasteiger partial charge in [0.2, 0.25) is 5.91 Å². The Morgan fingerprint density at radius 1 is 1.21 bits per heavy atom. The summed E-state index contributed by atoms with van der Waals surface area (Å²) in [6.07, 6.45) is 0.243. The van der Waals surface area contributed by atoms with Gasteiger partial charge in [-0.25, -0.2) is 12.7 Å². The second kappa shape index (κ2) is 8.15. The first kappa shape index (κ1) is 20.1. The molecule has 0 bridgehead atoms. The molecule has 148 valence electrons. The number of nitrogens with zero attached hydrogens (tertiary/aromatic N) is 1. The number of thiophene rings is 1. The van der Waals surface area contributed by atoms with E-state index in [-0.39, 0.29) is 23.4 Å².